The van der Waals surface area contributed by atoms with Gasteiger partial charge in [-0.05, 0) is 74.6 Å². The van der Waals surface area contributed by atoms with E-state index in [2.05, 4.69) is 57.2 Å². The molecule has 0 aliphatic heterocycles. The van der Waals surface area contributed by atoms with Crippen LogP contribution in [0, 0.1) is 20.8 Å². The van der Waals surface area contributed by atoms with E-state index in [9.17, 15) is 5.11 Å². The molecule has 0 radical (unpaired) electrons. The Labute approximate surface area is 133 Å². The van der Waals surface area contributed by atoms with E-state index < -0.39 is 5.60 Å². The average molecular weight is 298 g/mol. The zero-order chi connectivity index (χ0) is 16.3. The number of hydrogen-bond donors (Lipinski definition) is 1. The molecule has 0 spiro atoms. The van der Waals surface area contributed by atoms with Gasteiger partial charge in [-0.3, -0.25) is 0 Å². The highest BCUT2D eigenvalue weighted by atomic mass is 16.5. The molecule has 2 heteroatoms. The lowest BCUT2D eigenvalue weighted by molar-refractivity contribution is 0.0553. The van der Waals surface area contributed by atoms with Crippen LogP contribution in [0.3, 0.4) is 0 Å². The van der Waals surface area contributed by atoms with Gasteiger partial charge in [-0.15, -0.1) is 0 Å². The van der Waals surface area contributed by atoms with Gasteiger partial charge in [0, 0.05) is 6.42 Å². The van der Waals surface area contributed by atoms with Gasteiger partial charge < -0.3 is 9.84 Å². The van der Waals surface area contributed by atoms with Crippen molar-refractivity contribution in [1.29, 1.82) is 0 Å². The van der Waals surface area contributed by atoms with Crippen LogP contribution in [-0.2, 0) is 0 Å². The SMILES string of the molecule is Cc1ccccc1-c1c(C)cc(OCCC(C)(C)O)cc1C. The van der Waals surface area contributed by atoms with Crippen LogP contribution >= 0.6 is 0 Å². The highest BCUT2D eigenvalue weighted by Crippen LogP contribution is 2.33. The highest BCUT2D eigenvalue weighted by molar-refractivity contribution is 5.74. The molecule has 2 aromatic carbocycles. The van der Waals surface area contributed by atoms with E-state index in [1.807, 2.05) is 0 Å². The minimum atomic E-state index is -0.689. The summed E-state index contributed by atoms with van der Waals surface area (Å²) in [6.45, 7) is 10.5. The highest BCUT2D eigenvalue weighted by Gasteiger charge is 2.13. The predicted octanol–water partition coefficient (Wildman–Crippen LogP) is 4.82. The standard InChI is InChI=1S/C20H26O2/c1-14-8-6-7-9-18(14)19-15(2)12-17(13-16(19)3)22-11-10-20(4,5)21/h6-9,12-13,21H,10-11H2,1-5H3. The van der Waals surface area contributed by atoms with Crippen LogP contribution < -0.4 is 4.74 Å². The molecule has 0 atom stereocenters. The number of benzene rings is 2. The zero-order valence-electron chi connectivity index (χ0n) is 14.2. The fourth-order valence-corrected chi connectivity index (χ4v) is 2.70. The van der Waals surface area contributed by atoms with Crippen LogP contribution in [0.1, 0.15) is 37.0 Å². The lowest BCUT2D eigenvalue weighted by Crippen LogP contribution is -2.21. The van der Waals surface area contributed by atoms with E-state index in [1.54, 1.807) is 13.8 Å². The molecule has 2 rings (SSSR count). The summed E-state index contributed by atoms with van der Waals surface area (Å²) in [7, 11) is 0. The van der Waals surface area contributed by atoms with Crippen LogP contribution in [0.2, 0.25) is 0 Å². The minimum Gasteiger partial charge on any atom is -0.493 e. The monoisotopic (exact) mass is 298 g/mol. The molecule has 0 bridgehead atoms. The molecular weight excluding hydrogens is 272 g/mol. The summed E-state index contributed by atoms with van der Waals surface area (Å²) in [6, 6.07) is 12.6. The molecule has 2 aromatic rings. The van der Waals surface area contributed by atoms with Crippen LogP contribution in [0.4, 0.5) is 0 Å². The van der Waals surface area contributed by atoms with Crippen molar-refractivity contribution in [2.75, 3.05) is 6.61 Å². The summed E-state index contributed by atoms with van der Waals surface area (Å²) in [5.74, 6) is 0.872. The van der Waals surface area contributed by atoms with Crippen molar-refractivity contribution in [2.24, 2.45) is 0 Å². The van der Waals surface area contributed by atoms with Crippen LogP contribution in [0.5, 0.6) is 5.75 Å². The van der Waals surface area contributed by atoms with E-state index in [0.717, 1.165) is 5.75 Å². The second-order valence-electron chi connectivity index (χ2n) is 6.66. The Morgan fingerprint density at radius 2 is 1.55 bits per heavy atom. The lowest BCUT2D eigenvalue weighted by atomic mass is 9.92. The summed E-state index contributed by atoms with van der Waals surface area (Å²) in [5.41, 5.74) is 5.59. The number of ether oxygens (including phenoxy) is 1. The Kier molecular flexibility index (Phi) is 4.92. The van der Waals surface area contributed by atoms with Gasteiger partial charge in [0.05, 0.1) is 12.2 Å². The second-order valence-corrected chi connectivity index (χ2v) is 6.66. The van der Waals surface area contributed by atoms with Crippen molar-refractivity contribution in [3.63, 3.8) is 0 Å². The van der Waals surface area contributed by atoms with Gasteiger partial charge in [0.15, 0.2) is 0 Å². The fourth-order valence-electron chi connectivity index (χ4n) is 2.70. The van der Waals surface area contributed by atoms with E-state index in [1.165, 1.54) is 27.8 Å². The molecule has 0 unspecified atom stereocenters. The number of aryl methyl sites for hydroxylation is 3. The van der Waals surface area contributed by atoms with Crippen molar-refractivity contribution in [3.05, 3.63) is 53.1 Å². The minimum absolute atomic E-state index is 0.520. The Hall–Kier alpha value is -1.80. The molecule has 118 valence electrons. The van der Waals surface area contributed by atoms with Crippen LogP contribution in [0.25, 0.3) is 11.1 Å². The predicted molar refractivity (Wildman–Crippen MR) is 92.5 cm³/mol. The molecular formula is C20H26O2. The third-order valence-corrected chi connectivity index (χ3v) is 3.90. The van der Waals surface area contributed by atoms with E-state index >= 15 is 0 Å². The fraction of sp³-hybridized carbons (Fsp3) is 0.400. The molecule has 2 nitrogen and oxygen atoms in total. The summed E-state index contributed by atoms with van der Waals surface area (Å²) >= 11 is 0. The maximum Gasteiger partial charge on any atom is 0.119 e. The molecule has 1 N–H and O–H groups in total. The summed E-state index contributed by atoms with van der Waals surface area (Å²) in [5, 5.41) is 9.75. The first-order valence-electron chi connectivity index (χ1n) is 7.80. The normalized spacial score (nSPS) is 11.5. The molecule has 0 aliphatic carbocycles. The van der Waals surface area contributed by atoms with Gasteiger partial charge in [-0.25, -0.2) is 0 Å². The van der Waals surface area contributed by atoms with Crippen molar-refractivity contribution < 1.29 is 9.84 Å². The van der Waals surface area contributed by atoms with Gasteiger partial charge in [-0.1, -0.05) is 24.3 Å². The molecule has 0 aliphatic rings. The Morgan fingerprint density at radius 1 is 0.955 bits per heavy atom. The van der Waals surface area contributed by atoms with Gasteiger partial charge in [0.25, 0.3) is 0 Å². The first-order chi connectivity index (χ1) is 10.3. The maximum atomic E-state index is 9.75. The van der Waals surface area contributed by atoms with Gasteiger partial charge in [0.2, 0.25) is 0 Å². The zero-order valence-corrected chi connectivity index (χ0v) is 14.2. The van der Waals surface area contributed by atoms with Gasteiger partial charge in [0.1, 0.15) is 5.75 Å². The number of aliphatic hydroxyl groups is 1. The molecule has 0 saturated carbocycles. The van der Waals surface area contributed by atoms with Gasteiger partial charge >= 0.3 is 0 Å². The van der Waals surface area contributed by atoms with E-state index in [4.69, 9.17) is 4.74 Å². The van der Waals surface area contributed by atoms with Gasteiger partial charge in [-0.2, -0.15) is 0 Å². The van der Waals surface area contributed by atoms with Crippen LogP contribution in [-0.4, -0.2) is 17.3 Å². The number of hydrogen-bond acceptors (Lipinski definition) is 2. The summed E-state index contributed by atoms with van der Waals surface area (Å²) in [4.78, 5) is 0. The largest absolute Gasteiger partial charge is 0.493 e. The molecule has 0 amide bonds. The topological polar surface area (TPSA) is 29.5 Å². The molecule has 0 saturated heterocycles. The average Bonchev–Trinajstić information content (AvgIpc) is 2.38. The lowest BCUT2D eigenvalue weighted by Gasteiger charge is -2.18. The molecule has 0 aromatic heterocycles. The van der Waals surface area contributed by atoms with Crippen molar-refractivity contribution in [3.8, 4) is 16.9 Å². The molecule has 0 heterocycles. The van der Waals surface area contributed by atoms with Crippen molar-refractivity contribution in [2.45, 2.75) is 46.6 Å². The van der Waals surface area contributed by atoms with Crippen LogP contribution in [0.15, 0.2) is 36.4 Å². The number of rotatable bonds is 5. The third-order valence-electron chi connectivity index (χ3n) is 3.90. The Morgan fingerprint density at radius 3 is 2.09 bits per heavy atom. The smallest absolute Gasteiger partial charge is 0.119 e. The second kappa shape index (κ2) is 6.53. The third kappa shape index (κ3) is 4.11. The summed E-state index contributed by atoms with van der Waals surface area (Å²) in [6.07, 6.45) is 0.616. The summed E-state index contributed by atoms with van der Waals surface area (Å²) < 4.78 is 5.80. The first-order valence-corrected chi connectivity index (χ1v) is 7.80. The Balaban J connectivity index is 2.24. The first kappa shape index (κ1) is 16.6. The Bertz CT molecular complexity index is 628. The quantitative estimate of drug-likeness (QED) is 0.857. The van der Waals surface area contributed by atoms with Crippen molar-refractivity contribution >= 4 is 0 Å². The molecule has 22 heavy (non-hydrogen) atoms. The van der Waals surface area contributed by atoms with E-state index in [-0.39, 0.29) is 0 Å². The molecule has 0 fully saturated rings. The van der Waals surface area contributed by atoms with Crippen molar-refractivity contribution in [1.82, 2.24) is 0 Å². The van der Waals surface area contributed by atoms with E-state index in [0.29, 0.717) is 13.0 Å². The maximum absolute atomic E-state index is 9.75.